The van der Waals surface area contributed by atoms with Crippen molar-refractivity contribution in [3.05, 3.63) is 0 Å². The summed E-state index contributed by atoms with van der Waals surface area (Å²) in [5, 5.41) is 9.43. The molecule has 1 heterocycles. The van der Waals surface area contributed by atoms with Crippen molar-refractivity contribution < 1.29 is 14.6 Å². The van der Waals surface area contributed by atoms with Crippen molar-refractivity contribution in [2.45, 2.75) is 82.7 Å². The van der Waals surface area contributed by atoms with Crippen molar-refractivity contribution in [2.75, 3.05) is 19.8 Å². The summed E-state index contributed by atoms with van der Waals surface area (Å²) in [5.41, 5.74) is 0. The van der Waals surface area contributed by atoms with E-state index in [4.69, 9.17) is 4.74 Å². The molecule has 0 aromatic heterocycles. The Hall–Kier alpha value is -0.610. The highest BCUT2D eigenvalue weighted by molar-refractivity contribution is 5.73. The standard InChI is InChI=1S/C17H31NO3/c19-17(20)16-14-21-13-12-18(16)15-10-8-6-4-2-1-3-5-7-9-11-15/h15-16H,1-14H2,(H,19,20). The maximum absolute atomic E-state index is 11.5. The highest BCUT2D eigenvalue weighted by Gasteiger charge is 2.33. The van der Waals surface area contributed by atoms with E-state index in [0.29, 0.717) is 19.3 Å². The zero-order valence-electron chi connectivity index (χ0n) is 13.3. The molecule has 1 saturated carbocycles. The minimum atomic E-state index is -0.721. The molecule has 122 valence electrons. The van der Waals surface area contributed by atoms with E-state index >= 15 is 0 Å². The second-order valence-corrected chi connectivity index (χ2v) is 6.58. The van der Waals surface area contributed by atoms with Crippen molar-refractivity contribution in [3.8, 4) is 0 Å². The predicted molar refractivity (Wildman–Crippen MR) is 83.5 cm³/mol. The minimum absolute atomic E-state index is 0.353. The number of aliphatic carboxylic acids is 1. The van der Waals surface area contributed by atoms with Gasteiger partial charge in [-0.25, -0.2) is 0 Å². The normalized spacial score (nSPS) is 28.5. The van der Waals surface area contributed by atoms with Crippen LogP contribution >= 0.6 is 0 Å². The molecule has 1 atom stereocenters. The van der Waals surface area contributed by atoms with Gasteiger partial charge in [0.15, 0.2) is 0 Å². The Morgan fingerprint density at radius 2 is 1.43 bits per heavy atom. The van der Waals surface area contributed by atoms with Gasteiger partial charge in [0.05, 0.1) is 13.2 Å². The third-order valence-electron chi connectivity index (χ3n) is 5.00. The Morgan fingerprint density at radius 1 is 0.905 bits per heavy atom. The molecule has 0 amide bonds. The number of ether oxygens (including phenoxy) is 1. The van der Waals surface area contributed by atoms with Crippen LogP contribution in [0.5, 0.6) is 0 Å². The molecule has 1 aliphatic heterocycles. The van der Waals surface area contributed by atoms with Crippen molar-refractivity contribution in [1.82, 2.24) is 4.90 Å². The highest BCUT2D eigenvalue weighted by atomic mass is 16.5. The van der Waals surface area contributed by atoms with Gasteiger partial charge in [0.2, 0.25) is 0 Å². The summed E-state index contributed by atoms with van der Waals surface area (Å²) < 4.78 is 5.38. The van der Waals surface area contributed by atoms with Gasteiger partial charge in [-0.1, -0.05) is 57.8 Å². The molecule has 0 bridgehead atoms. The fourth-order valence-corrected chi connectivity index (χ4v) is 3.74. The van der Waals surface area contributed by atoms with Crippen molar-refractivity contribution >= 4 is 5.97 Å². The zero-order chi connectivity index (χ0) is 14.9. The van der Waals surface area contributed by atoms with Gasteiger partial charge < -0.3 is 9.84 Å². The average molecular weight is 297 g/mol. The first kappa shape index (κ1) is 16.8. The average Bonchev–Trinajstić information content (AvgIpc) is 2.48. The third-order valence-corrected chi connectivity index (χ3v) is 5.00. The van der Waals surface area contributed by atoms with Crippen LogP contribution in [0.3, 0.4) is 0 Å². The largest absolute Gasteiger partial charge is 0.480 e. The predicted octanol–water partition coefficient (Wildman–Crippen LogP) is 3.45. The molecule has 0 radical (unpaired) electrons. The van der Waals surface area contributed by atoms with Crippen molar-refractivity contribution in [3.63, 3.8) is 0 Å². The molecule has 2 fully saturated rings. The first-order valence-corrected chi connectivity index (χ1v) is 8.85. The number of hydrogen-bond acceptors (Lipinski definition) is 3. The van der Waals surface area contributed by atoms with E-state index in [1.807, 2.05) is 0 Å². The Kier molecular flexibility index (Phi) is 7.51. The molecule has 2 aliphatic rings. The van der Waals surface area contributed by atoms with Gasteiger partial charge in [-0.05, 0) is 12.8 Å². The number of morpholine rings is 1. The van der Waals surface area contributed by atoms with E-state index in [1.165, 1.54) is 57.8 Å². The number of carbonyl (C=O) groups is 1. The van der Waals surface area contributed by atoms with Crippen LogP contribution < -0.4 is 0 Å². The molecular formula is C17H31NO3. The van der Waals surface area contributed by atoms with Crippen LogP contribution in [0.25, 0.3) is 0 Å². The first-order chi connectivity index (χ1) is 10.3. The van der Waals surface area contributed by atoms with Crippen LogP contribution in [0.4, 0.5) is 0 Å². The summed E-state index contributed by atoms with van der Waals surface area (Å²) in [6.45, 7) is 1.81. The quantitative estimate of drug-likeness (QED) is 0.848. The lowest BCUT2D eigenvalue weighted by atomic mass is 9.95. The summed E-state index contributed by atoms with van der Waals surface area (Å²) in [4.78, 5) is 13.7. The van der Waals surface area contributed by atoms with Gasteiger partial charge in [-0.2, -0.15) is 0 Å². The second-order valence-electron chi connectivity index (χ2n) is 6.58. The fourth-order valence-electron chi connectivity index (χ4n) is 3.74. The van der Waals surface area contributed by atoms with E-state index in [-0.39, 0.29) is 0 Å². The molecule has 1 saturated heterocycles. The second kappa shape index (κ2) is 9.42. The number of hydrogen-bond donors (Lipinski definition) is 1. The molecule has 1 aliphatic carbocycles. The Balaban J connectivity index is 1.92. The van der Waals surface area contributed by atoms with Crippen LogP contribution in [0.2, 0.25) is 0 Å². The lowest BCUT2D eigenvalue weighted by Gasteiger charge is -2.39. The number of nitrogens with zero attached hydrogens (tertiary/aromatic N) is 1. The summed E-state index contributed by atoms with van der Waals surface area (Å²) in [6.07, 6.45) is 14.2. The van der Waals surface area contributed by atoms with Crippen LogP contribution in [0.15, 0.2) is 0 Å². The van der Waals surface area contributed by atoms with Gasteiger partial charge in [-0.15, -0.1) is 0 Å². The zero-order valence-corrected chi connectivity index (χ0v) is 13.3. The van der Waals surface area contributed by atoms with Crippen LogP contribution in [0, 0.1) is 0 Å². The molecular weight excluding hydrogens is 266 g/mol. The van der Waals surface area contributed by atoms with Crippen molar-refractivity contribution in [1.29, 1.82) is 0 Å². The van der Waals surface area contributed by atoms with E-state index in [2.05, 4.69) is 4.90 Å². The molecule has 1 N–H and O–H groups in total. The minimum Gasteiger partial charge on any atom is -0.480 e. The van der Waals surface area contributed by atoms with Gasteiger partial charge in [0.25, 0.3) is 0 Å². The van der Waals surface area contributed by atoms with E-state index in [9.17, 15) is 9.90 Å². The monoisotopic (exact) mass is 297 g/mol. The maximum atomic E-state index is 11.5. The summed E-state index contributed by atoms with van der Waals surface area (Å²) in [5.74, 6) is -0.721. The summed E-state index contributed by atoms with van der Waals surface area (Å²) >= 11 is 0. The maximum Gasteiger partial charge on any atom is 0.323 e. The third kappa shape index (κ3) is 5.59. The lowest BCUT2D eigenvalue weighted by Crippen LogP contribution is -2.54. The lowest BCUT2D eigenvalue weighted by molar-refractivity contribution is -0.152. The van der Waals surface area contributed by atoms with E-state index < -0.39 is 12.0 Å². The van der Waals surface area contributed by atoms with Gasteiger partial charge in [0, 0.05) is 12.6 Å². The van der Waals surface area contributed by atoms with Gasteiger partial charge >= 0.3 is 5.97 Å². The molecule has 0 aromatic carbocycles. The molecule has 0 aromatic rings. The number of carboxylic acids is 1. The fraction of sp³-hybridized carbons (Fsp3) is 0.941. The van der Waals surface area contributed by atoms with Gasteiger partial charge in [0.1, 0.15) is 6.04 Å². The number of carboxylic acid groups (broad SMARTS) is 1. The molecule has 2 rings (SSSR count). The first-order valence-electron chi connectivity index (χ1n) is 8.85. The van der Waals surface area contributed by atoms with Crippen LogP contribution in [0.1, 0.15) is 70.6 Å². The molecule has 1 unspecified atom stereocenters. The molecule has 4 heteroatoms. The van der Waals surface area contributed by atoms with Crippen LogP contribution in [-0.4, -0.2) is 47.8 Å². The SMILES string of the molecule is O=C(O)C1COCCN1C1CCCCCCCCCCC1. The molecule has 0 spiro atoms. The highest BCUT2D eigenvalue weighted by Crippen LogP contribution is 2.23. The van der Waals surface area contributed by atoms with Crippen LogP contribution in [-0.2, 0) is 9.53 Å². The van der Waals surface area contributed by atoms with E-state index in [1.54, 1.807) is 0 Å². The summed E-state index contributed by atoms with van der Waals surface area (Å²) in [7, 11) is 0. The molecule has 21 heavy (non-hydrogen) atoms. The summed E-state index contributed by atoms with van der Waals surface area (Å²) in [6, 6.07) is 0.00563. The Bertz CT molecular complexity index is 296. The molecule has 4 nitrogen and oxygen atoms in total. The Labute approximate surface area is 128 Å². The van der Waals surface area contributed by atoms with Gasteiger partial charge in [-0.3, -0.25) is 9.69 Å². The van der Waals surface area contributed by atoms with E-state index in [0.717, 1.165) is 19.4 Å². The smallest absolute Gasteiger partial charge is 0.323 e. The Morgan fingerprint density at radius 3 is 1.95 bits per heavy atom. The van der Waals surface area contributed by atoms with Crippen molar-refractivity contribution in [2.24, 2.45) is 0 Å². The topological polar surface area (TPSA) is 49.8 Å². The number of rotatable bonds is 2.